The monoisotopic (exact) mass is 358 g/mol. The summed E-state index contributed by atoms with van der Waals surface area (Å²) in [7, 11) is 0. The Morgan fingerprint density at radius 1 is 0.909 bits per heavy atom. The van der Waals surface area contributed by atoms with E-state index < -0.39 is 0 Å². The van der Waals surface area contributed by atoms with Gasteiger partial charge in [0.1, 0.15) is 11.3 Å². The number of fused-ring (bicyclic) bond motifs is 1. The Labute approximate surface area is 136 Å². The van der Waals surface area contributed by atoms with Crippen LogP contribution in [0.15, 0.2) is 47.5 Å². The van der Waals surface area contributed by atoms with Gasteiger partial charge in [-0.3, -0.25) is 0 Å². The van der Waals surface area contributed by atoms with E-state index in [2.05, 4.69) is 46.9 Å². The van der Waals surface area contributed by atoms with Gasteiger partial charge >= 0.3 is 0 Å². The highest BCUT2D eigenvalue weighted by Gasteiger charge is 2.20. The molecule has 4 heterocycles. The van der Waals surface area contributed by atoms with Crippen LogP contribution in [0.1, 0.15) is 0 Å². The van der Waals surface area contributed by atoms with Gasteiger partial charge in [0.15, 0.2) is 5.82 Å². The molecule has 6 nitrogen and oxygen atoms in total. The number of nitrogens with zero attached hydrogens (tertiary/aromatic N) is 6. The summed E-state index contributed by atoms with van der Waals surface area (Å²) in [5.74, 6) is 2.03. The van der Waals surface area contributed by atoms with Gasteiger partial charge in [-0.15, -0.1) is 0 Å². The summed E-state index contributed by atoms with van der Waals surface area (Å²) < 4.78 is 2.87. The topological polar surface area (TPSA) is 49.6 Å². The zero-order chi connectivity index (χ0) is 14.9. The number of anilines is 2. The van der Waals surface area contributed by atoms with Gasteiger partial charge in [0.05, 0.1) is 6.20 Å². The largest absolute Gasteiger partial charge is 0.353 e. The number of piperazine rings is 1. The molecule has 7 heteroatoms. The van der Waals surface area contributed by atoms with E-state index in [-0.39, 0.29) is 0 Å². The molecule has 0 unspecified atom stereocenters. The highest BCUT2D eigenvalue weighted by molar-refractivity contribution is 9.10. The van der Waals surface area contributed by atoms with Crippen LogP contribution in [0.25, 0.3) is 5.52 Å². The Hall–Kier alpha value is -2.15. The van der Waals surface area contributed by atoms with Crippen LogP contribution in [0.2, 0.25) is 0 Å². The van der Waals surface area contributed by atoms with Crippen LogP contribution in [-0.4, -0.2) is 45.8 Å². The molecule has 3 aromatic rings. The quantitative estimate of drug-likeness (QED) is 0.702. The molecule has 0 spiro atoms. The van der Waals surface area contributed by atoms with Crippen LogP contribution >= 0.6 is 15.9 Å². The normalized spacial score (nSPS) is 15.5. The van der Waals surface area contributed by atoms with Crippen LogP contribution in [0, 0.1) is 0 Å². The number of hydrogen-bond donors (Lipinski definition) is 0. The third kappa shape index (κ3) is 2.41. The zero-order valence-electron chi connectivity index (χ0n) is 11.9. The fourth-order valence-corrected chi connectivity index (χ4v) is 3.02. The fraction of sp³-hybridized carbons (Fsp3) is 0.267. The van der Waals surface area contributed by atoms with Crippen molar-refractivity contribution in [1.82, 2.24) is 19.6 Å². The van der Waals surface area contributed by atoms with E-state index >= 15 is 0 Å². The minimum absolute atomic E-state index is 0.926. The molecule has 0 N–H and O–H groups in total. The van der Waals surface area contributed by atoms with Crippen molar-refractivity contribution in [2.45, 2.75) is 0 Å². The van der Waals surface area contributed by atoms with Gasteiger partial charge in [-0.05, 0) is 34.1 Å². The van der Waals surface area contributed by atoms with Gasteiger partial charge < -0.3 is 9.80 Å². The molecular formula is C15H15BrN6. The van der Waals surface area contributed by atoms with E-state index in [4.69, 9.17) is 0 Å². The van der Waals surface area contributed by atoms with E-state index in [1.807, 2.05) is 35.2 Å². The van der Waals surface area contributed by atoms with Crippen molar-refractivity contribution in [2.75, 3.05) is 36.0 Å². The van der Waals surface area contributed by atoms with Gasteiger partial charge in [-0.25, -0.2) is 14.5 Å². The first kappa shape index (κ1) is 13.5. The van der Waals surface area contributed by atoms with E-state index in [0.29, 0.717) is 0 Å². The SMILES string of the molecule is Brc1ccc(N2CCN(c3nccn4nccc34)CC2)nc1. The van der Waals surface area contributed by atoms with Gasteiger partial charge in [0.2, 0.25) is 0 Å². The third-order valence-electron chi connectivity index (χ3n) is 3.92. The lowest BCUT2D eigenvalue weighted by Gasteiger charge is -2.36. The van der Waals surface area contributed by atoms with Crippen molar-refractivity contribution < 1.29 is 0 Å². The van der Waals surface area contributed by atoms with Crippen molar-refractivity contribution in [3.05, 3.63) is 47.5 Å². The fourth-order valence-electron chi connectivity index (χ4n) is 2.79. The van der Waals surface area contributed by atoms with Crippen LogP contribution in [0.4, 0.5) is 11.6 Å². The molecule has 1 aliphatic rings. The van der Waals surface area contributed by atoms with Crippen LogP contribution in [0.5, 0.6) is 0 Å². The standard InChI is InChI=1S/C15H15BrN6/c16-12-1-2-14(18-11-12)20-7-9-21(10-8-20)15-13-3-4-19-22(13)6-5-17-15/h1-6,11H,7-10H2. The highest BCUT2D eigenvalue weighted by Crippen LogP contribution is 2.22. The Morgan fingerprint density at radius 3 is 2.50 bits per heavy atom. The summed E-state index contributed by atoms with van der Waals surface area (Å²) in [5, 5.41) is 4.27. The second-order valence-electron chi connectivity index (χ2n) is 5.22. The molecule has 0 atom stereocenters. The molecule has 0 amide bonds. The Bertz CT molecular complexity index is 776. The van der Waals surface area contributed by atoms with Gasteiger partial charge in [-0.1, -0.05) is 0 Å². The number of aromatic nitrogens is 4. The smallest absolute Gasteiger partial charge is 0.154 e. The first-order valence-electron chi connectivity index (χ1n) is 7.21. The van der Waals surface area contributed by atoms with Gasteiger partial charge in [-0.2, -0.15) is 5.10 Å². The first-order chi connectivity index (χ1) is 10.8. The van der Waals surface area contributed by atoms with Crippen molar-refractivity contribution >= 4 is 33.1 Å². The summed E-state index contributed by atoms with van der Waals surface area (Å²) in [6.45, 7) is 3.72. The average Bonchev–Trinajstić information content (AvgIpc) is 3.04. The lowest BCUT2D eigenvalue weighted by atomic mass is 10.3. The number of rotatable bonds is 2. The maximum atomic E-state index is 4.54. The molecule has 1 saturated heterocycles. The lowest BCUT2D eigenvalue weighted by molar-refractivity contribution is 0.641. The predicted molar refractivity (Wildman–Crippen MR) is 89.4 cm³/mol. The Kier molecular flexibility index (Phi) is 3.42. The van der Waals surface area contributed by atoms with Crippen molar-refractivity contribution in [1.29, 1.82) is 0 Å². The summed E-state index contributed by atoms with van der Waals surface area (Å²) in [6.07, 6.45) is 7.33. The molecule has 4 rings (SSSR count). The van der Waals surface area contributed by atoms with E-state index in [0.717, 1.165) is 47.8 Å². The molecule has 0 aliphatic carbocycles. The van der Waals surface area contributed by atoms with Crippen molar-refractivity contribution in [3.63, 3.8) is 0 Å². The lowest BCUT2D eigenvalue weighted by Crippen LogP contribution is -2.47. The zero-order valence-corrected chi connectivity index (χ0v) is 13.5. The summed E-state index contributed by atoms with van der Waals surface area (Å²) in [5.41, 5.74) is 1.05. The minimum atomic E-state index is 0.926. The van der Waals surface area contributed by atoms with Crippen LogP contribution < -0.4 is 9.80 Å². The molecule has 1 aliphatic heterocycles. The maximum Gasteiger partial charge on any atom is 0.154 e. The highest BCUT2D eigenvalue weighted by atomic mass is 79.9. The molecule has 0 radical (unpaired) electrons. The molecule has 0 aromatic carbocycles. The molecule has 3 aromatic heterocycles. The van der Waals surface area contributed by atoms with E-state index in [1.165, 1.54) is 0 Å². The average molecular weight is 359 g/mol. The minimum Gasteiger partial charge on any atom is -0.353 e. The summed E-state index contributed by atoms with van der Waals surface area (Å²) >= 11 is 3.42. The predicted octanol–water partition coefficient (Wildman–Crippen LogP) is 2.21. The Balaban J connectivity index is 1.52. The van der Waals surface area contributed by atoms with E-state index in [1.54, 1.807) is 6.20 Å². The Morgan fingerprint density at radius 2 is 1.73 bits per heavy atom. The number of halogens is 1. The molecule has 112 valence electrons. The molecule has 22 heavy (non-hydrogen) atoms. The summed E-state index contributed by atoms with van der Waals surface area (Å²) in [4.78, 5) is 13.6. The second kappa shape index (κ2) is 5.57. The second-order valence-corrected chi connectivity index (χ2v) is 6.14. The van der Waals surface area contributed by atoms with Crippen molar-refractivity contribution in [2.24, 2.45) is 0 Å². The van der Waals surface area contributed by atoms with E-state index in [9.17, 15) is 0 Å². The molecule has 0 bridgehead atoms. The number of hydrogen-bond acceptors (Lipinski definition) is 5. The molecule has 0 saturated carbocycles. The van der Waals surface area contributed by atoms with Gasteiger partial charge in [0, 0.05) is 49.2 Å². The third-order valence-corrected chi connectivity index (χ3v) is 4.39. The van der Waals surface area contributed by atoms with Crippen LogP contribution in [0.3, 0.4) is 0 Å². The van der Waals surface area contributed by atoms with Crippen LogP contribution in [-0.2, 0) is 0 Å². The molecule has 1 fully saturated rings. The van der Waals surface area contributed by atoms with Gasteiger partial charge in [0.25, 0.3) is 0 Å². The first-order valence-corrected chi connectivity index (χ1v) is 8.00. The molecular weight excluding hydrogens is 344 g/mol. The number of pyridine rings is 1. The maximum absolute atomic E-state index is 4.54. The van der Waals surface area contributed by atoms with Crippen molar-refractivity contribution in [3.8, 4) is 0 Å². The summed E-state index contributed by atoms with van der Waals surface area (Å²) in [6, 6.07) is 6.09.